The minimum atomic E-state index is -5.01. The van der Waals surface area contributed by atoms with Crippen LogP contribution in [-0.4, -0.2) is 50.4 Å². The maximum absolute atomic E-state index is 14.3. The molecule has 7 nitrogen and oxygen atoms in total. The summed E-state index contributed by atoms with van der Waals surface area (Å²) in [5, 5.41) is 10.5. The van der Waals surface area contributed by atoms with E-state index in [1.54, 1.807) is 18.2 Å². The highest BCUT2D eigenvalue weighted by molar-refractivity contribution is 5.87. The molecule has 0 unspecified atom stereocenters. The predicted octanol–water partition coefficient (Wildman–Crippen LogP) is 5.66. The van der Waals surface area contributed by atoms with Crippen molar-refractivity contribution in [3.63, 3.8) is 0 Å². The van der Waals surface area contributed by atoms with Crippen molar-refractivity contribution in [3.05, 3.63) is 82.0 Å². The van der Waals surface area contributed by atoms with Crippen LogP contribution in [0, 0.1) is 5.82 Å². The van der Waals surface area contributed by atoms with Gasteiger partial charge in [0, 0.05) is 32.7 Å². The molecule has 1 saturated heterocycles. The first kappa shape index (κ1) is 27.3. The molecular formula is C29H26F4N2O5. The van der Waals surface area contributed by atoms with Gasteiger partial charge in [-0.25, -0.2) is 4.39 Å². The summed E-state index contributed by atoms with van der Waals surface area (Å²) in [7, 11) is 2.72. The monoisotopic (exact) mass is 558 g/mol. The highest BCUT2D eigenvalue weighted by Gasteiger charge is 2.40. The van der Waals surface area contributed by atoms with Gasteiger partial charge < -0.3 is 23.9 Å². The summed E-state index contributed by atoms with van der Waals surface area (Å²) in [5.41, 5.74) is -1.42. The van der Waals surface area contributed by atoms with E-state index in [9.17, 15) is 27.5 Å². The molecule has 0 bridgehead atoms. The standard InChI is InChI=1S/C29H26F4N2O5/c1-38-23-10-7-17(15-24(23)39-2)25-26(37)18-8-9-22(36)19(27(18)40-28(25)29(31,32)33)16-34-11-13-35(14-12-34)21-6-4-3-5-20(21)30/h3-10,15,36H,11-14,16H2,1-2H3. The number of alkyl halides is 3. The lowest BCUT2D eigenvalue weighted by molar-refractivity contribution is -0.152. The van der Waals surface area contributed by atoms with Gasteiger partial charge in [0.2, 0.25) is 11.2 Å². The number of phenols is 1. The van der Waals surface area contributed by atoms with E-state index in [1.807, 2.05) is 9.80 Å². The second kappa shape index (κ2) is 10.7. The number of fused-ring (bicyclic) bond motifs is 1. The van der Waals surface area contributed by atoms with E-state index in [4.69, 9.17) is 13.9 Å². The van der Waals surface area contributed by atoms with Crippen molar-refractivity contribution in [1.82, 2.24) is 4.90 Å². The van der Waals surface area contributed by atoms with Crippen molar-refractivity contribution >= 4 is 16.7 Å². The van der Waals surface area contributed by atoms with E-state index in [0.717, 1.165) is 0 Å². The predicted molar refractivity (Wildman–Crippen MR) is 142 cm³/mol. The molecule has 3 aromatic carbocycles. The third kappa shape index (κ3) is 5.04. The average Bonchev–Trinajstić information content (AvgIpc) is 2.94. The van der Waals surface area contributed by atoms with Gasteiger partial charge in [-0.05, 0) is 42.0 Å². The first-order valence-electron chi connectivity index (χ1n) is 12.5. The molecule has 0 amide bonds. The Hall–Kier alpha value is -4.25. The zero-order chi connectivity index (χ0) is 28.6. The first-order valence-corrected chi connectivity index (χ1v) is 12.5. The number of rotatable bonds is 6. The Labute approximate surface area is 226 Å². The van der Waals surface area contributed by atoms with Crippen molar-refractivity contribution < 1.29 is 36.6 Å². The molecule has 4 aromatic rings. The van der Waals surface area contributed by atoms with Gasteiger partial charge in [-0.3, -0.25) is 9.69 Å². The summed E-state index contributed by atoms with van der Waals surface area (Å²) < 4.78 is 72.9. The largest absolute Gasteiger partial charge is 0.507 e. The molecule has 0 aliphatic carbocycles. The van der Waals surface area contributed by atoms with Gasteiger partial charge in [-0.1, -0.05) is 18.2 Å². The number of hydrogen-bond donors (Lipinski definition) is 1. The Morgan fingerprint density at radius 1 is 0.950 bits per heavy atom. The number of nitrogens with zero attached hydrogens (tertiary/aromatic N) is 2. The molecule has 1 aromatic heterocycles. The average molecular weight is 559 g/mol. The number of phenolic OH excluding ortho intramolecular Hbond substituents is 1. The fourth-order valence-corrected chi connectivity index (χ4v) is 4.99. The SMILES string of the molecule is COc1ccc(-c2c(C(F)(F)F)oc3c(CN4CCN(c5ccccc5F)CC4)c(O)ccc3c2=O)cc1OC. The maximum Gasteiger partial charge on any atom is 0.450 e. The van der Waals surface area contributed by atoms with Crippen LogP contribution < -0.4 is 19.8 Å². The quantitative estimate of drug-likeness (QED) is 0.306. The maximum atomic E-state index is 14.3. The Morgan fingerprint density at radius 2 is 1.65 bits per heavy atom. The fourth-order valence-electron chi connectivity index (χ4n) is 4.99. The van der Waals surface area contributed by atoms with E-state index in [2.05, 4.69) is 0 Å². The number of ether oxygens (including phenoxy) is 2. The molecule has 0 saturated carbocycles. The van der Waals surface area contributed by atoms with Gasteiger partial charge in [-0.15, -0.1) is 0 Å². The molecule has 0 atom stereocenters. The third-order valence-electron chi connectivity index (χ3n) is 7.02. The number of benzene rings is 3. The number of aromatic hydroxyl groups is 1. The molecule has 40 heavy (non-hydrogen) atoms. The van der Waals surface area contributed by atoms with Crippen LogP contribution in [0.25, 0.3) is 22.1 Å². The van der Waals surface area contributed by atoms with Crippen molar-refractivity contribution in [2.24, 2.45) is 0 Å². The van der Waals surface area contributed by atoms with Crippen LogP contribution in [0.1, 0.15) is 11.3 Å². The van der Waals surface area contributed by atoms with Gasteiger partial charge in [0.15, 0.2) is 11.5 Å². The molecular weight excluding hydrogens is 532 g/mol. The summed E-state index contributed by atoms with van der Waals surface area (Å²) >= 11 is 0. The molecule has 11 heteroatoms. The smallest absolute Gasteiger partial charge is 0.450 e. The Kier molecular flexibility index (Phi) is 7.33. The van der Waals surface area contributed by atoms with Crippen LogP contribution in [0.2, 0.25) is 0 Å². The zero-order valence-corrected chi connectivity index (χ0v) is 21.7. The van der Waals surface area contributed by atoms with Gasteiger partial charge >= 0.3 is 6.18 Å². The second-order valence-electron chi connectivity index (χ2n) is 9.36. The molecule has 1 aliphatic rings. The van der Waals surface area contributed by atoms with Crippen molar-refractivity contribution in [1.29, 1.82) is 0 Å². The molecule has 210 valence electrons. The zero-order valence-electron chi connectivity index (χ0n) is 21.7. The fraction of sp³-hybridized carbons (Fsp3) is 0.276. The Balaban J connectivity index is 1.54. The second-order valence-corrected chi connectivity index (χ2v) is 9.36. The Bertz CT molecular complexity index is 1610. The molecule has 1 fully saturated rings. The molecule has 1 aliphatic heterocycles. The molecule has 0 radical (unpaired) electrons. The molecule has 5 rings (SSSR count). The van der Waals surface area contributed by atoms with Gasteiger partial charge in [0.1, 0.15) is 17.1 Å². The van der Waals surface area contributed by atoms with Crippen LogP contribution in [0.15, 0.2) is 63.8 Å². The van der Waals surface area contributed by atoms with Crippen LogP contribution >= 0.6 is 0 Å². The van der Waals surface area contributed by atoms with Crippen LogP contribution in [0.3, 0.4) is 0 Å². The van der Waals surface area contributed by atoms with Crippen molar-refractivity contribution in [2.75, 3.05) is 45.3 Å². The van der Waals surface area contributed by atoms with Gasteiger partial charge in [0.25, 0.3) is 0 Å². The van der Waals surface area contributed by atoms with Gasteiger partial charge in [-0.2, -0.15) is 13.2 Å². The summed E-state index contributed by atoms with van der Waals surface area (Å²) in [4.78, 5) is 17.4. The lowest BCUT2D eigenvalue weighted by Crippen LogP contribution is -2.46. The molecule has 2 heterocycles. The number of anilines is 1. The van der Waals surface area contributed by atoms with Gasteiger partial charge in [0.05, 0.1) is 36.4 Å². The summed E-state index contributed by atoms with van der Waals surface area (Å²) in [5.74, 6) is -1.68. The topological polar surface area (TPSA) is 75.4 Å². The van der Waals surface area contributed by atoms with Crippen LogP contribution in [0.4, 0.5) is 23.2 Å². The summed E-state index contributed by atoms with van der Waals surface area (Å²) in [6.45, 7) is 1.86. The lowest BCUT2D eigenvalue weighted by atomic mass is 9.99. The normalized spacial score (nSPS) is 14.5. The summed E-state index contributed by atoms with van der Waals surface area (Å²) in [6.07, 6.45) is -5.01. The highest BCUT2D eigenvalue weighted by atomic mass is 19.4. The van der Waals surface area contributed by atoms with Crippen LogP contribution in [-0.2, 0) is 12.7 Å². The number of piperazine rings is 1. The van der Waals surface area contributed by atoms with E-state index in [-0.39, 0.29) is 51.7 Å². The summed E-state index contributed by atoms with van der Waals surface area (Å²) in [6, 6.07) is 13.0. The van der Waals surface area contributed by atoms with Crippen molar-refractivity contribution in [3.8, 4) is 28.4 Å². The lowest BCUT2D eigenvalue weighted by Gasteiger charge is -2.36. The number of halogens is 4. The Morgan fingerprint density at radius 3 is 2.30 bits per heavy atom. The molecule has 0 spiro atoms. The number of para-hydroxylation sites is 1. The van der Waals surface area contributed by atoms with Crippen molar-refractivity contribution in [2.45, 2.75) is 12.7 Å². The van der Waals surface area contributed by atoms with E-state index >= 15 is 0 Å². The minimum Gasteiger partial charge on any atom is -0.507 e. The number of hydrogen-bond acceptors (Lipinski definition) is 7. The van der Waals surface area contributed by atoms with E-state index in [1.165, 1.54) is 50.6 Å². The van der Waals surface area contributed by atoms with Crippen LogP contribution in [0.5, 0.6) is 17.2 Å². The number of methoxy groups -OCH3 is 2. The van der Waals surface area contributed by atoms with E-state index in [0.29, 0.717) is 31.9 Å². The first-order chi connectivity index (χ1) is 19.1. The minimum absolute atomic E-state index is 0.0320. The third-order valence-corrected chi connectivity index (χ3v) is 7.02. The highest BCUT2D eigenvalue weighted by Crippen LogP contribution is 2.41. The van der Waals surface area contributed by atoms with E-state index < -0.39 is 22.9 Å². The molecule has 1 N–H and O–H groups in total.